The molecule has 7 atom stereocenters. The smallest absolute Gasteiger partial charge is 0.313 e. The number of ether oxygens (including phenoxy) is 2. The van der Waals surface area contributed by atoms with Gasteiger partial charge in [0.2, 0.25) is 11.8 Å². The van der Waals surface area contributed by atoms with Gasteiger partial charge < -0.3 is 29.7 Å². The number of rotatable bonds is 6. The largest absolute Gasteiger partial charge is 0.455 e. The van der Waals surface area contributed by atoms with Crippen LogP contribution < -0.4 is 10.2 Å². The summed E-state index contributed by atoms with van der Waals surface area (Å²) in [5, 5.41) is 13.6. The second-order valence-corrected chi connectivity index (χ2v) is 13.8. The maximum Gasteiger partial charge on any atom is 0.313 e. The molecule has 0 aliphatic carbocycles. The summed E-state index contributed by atoms with van der Waals surface area (Å²) in [4.78, 5) is 60.1. The first-order chi connectivity index (χ1) is 23.1. The van der Waals surface area contributed by atoms with Crippen LogP contribution in [-0.2, 0) is 28.7 Å². The van der Waals surface area contributed by atoms with Gasteiger partial charge in [-0.05, 0) is 55.4 Å². The molecule has 0 unspecified atom stereocenters. The number of likely N-dealkylation sites (tertiary alicyclic amines) is 1. The molecular formula is C38H45N3O7. The highest BCUT2D eigenvalue weighted by Gasteiger charge is 2.74. The molecule has 1 spiro atoms. The van der Waals surface area contributed by atoms with Crippen molar-refractivity contribution in [3.05, 3.63) is 89.5 Å². The van der Waals surface area contributed by atoms with Crippen LogP contribution in [0.3, 0.4) is 0 Å². The Kier molecular flexibility index (Phi) is 9.58. The van der Waals surface area contributed by atoms with Gasteiger partial charge in [-0.25, -0.2) is 0 Å². The van der Waals surface area contributed by atoms with Crippen molar-refractivity contribution in [2.45, 2.75) is 76.9 Å². The SMILES string of the molecule is Cc1ccc(C)c(N2C/C=C\CCC(=O)NC[C@H](c3ccccc3)OC(=O)[C@@H]3[C@H]4C(=O)N([C@@H](CO)CC(C)C)[C@H](C2=O)[C@]42C=C[C@H]3O2)c1. The monoisotopic (exact) mass is 655 g/mol. The maximum atomic E-state index is 15.1. The van der Waals surface area contributed by atoms with E-state index in [9.17, 15) is 19.5 Å². The number of esters is 1. The molecule has 0 aromatic heterocycles. The number of carbonyl (C=O) groups excluding carboxylic acids is 4. The van der Waals surface area contributed by atoms with Gasteiger partial charge >= 0.3 is 5.97 Å². The number of cyclic esters (lactones) is 1. The number of nitrogens with one attached hydrogen (secondary N) is 1. The zero-order valence-corrected chi connectivity index (χ0v) is 28.0. The lowest BCUT2D eigenvalue weighted by Gasteiger charge is -2.39. The van der Waals surface area contributed by atoms with Crippen LogP contribution in [0.4, 0.5) is 5.69 Å². The van der Waals surface area contributed by atoms with E-state index in [1.165, 1.54) is 4.90 Å². The Morgan fingerprint density at radius 1 is 1.02 bits per heavy atom. The van der Waals surface area contributed by atoms with Gasteiger partial charge in [-0.3, -0.25) is 19.2 Å². The molecule has 254 valence electrons. The van der Waals surface area contributed by atoms with Crippen LogP contribution in [0.15, 0.2) is 72.8 Å². The summed E-state index contributed by atoms with van der Waals surface area (Å²) >= 11 is 0. The zero-order chi connectivity index (χ0) is 34.2. The molecule has 0 radical (unpaired) electrons. The van der Waals surface area contributed by atoms with E-state index in [-0.39, 0.29) is 43.8 Å². The van der Waals surface area contributed by atoms with Crippen molar-refractivity contribution < 1.29 is 33.8 Å². The van der Waals surface area contributed by atoms with E-state index in [0.717, 1.165) is 11.1 Å². The normalized spacial score (nSPS) is 30.4. The quantitative estimate of drug-likeness (QED) is 0.357. The molecule has 3 amide bonds. The lowest BCUT2D eigenvalue weighted by Crippen LogP contribution is -2.59. The summed E-state index contributed by atoms with van der Waals surface area (Å²) in [6, 6.07) is 13.2. The van der Waals surface area contributed by atoms with Crippen molar-refractivity contribution >= 4 is 29.4 Å². The highest BCUT2D eigenvalue weighted by Crippen LogP contribution is 2.56. The molecular weight excluding hydrogens is 610 g/mol. The fourth-order valence-corrected chi connectivity index (χ4v) is 7.76. The molecule has 6 rings (SSSR count). The van der Waals surface area contributed by atoms with E-state index in [0.29, 0.717) is 24.1 Å². The fraction of sp³-hybridized carbons (Fsp3) is 0.474. The molecule has 48 heavy (non-hydrogen) atoms. The number of nitrogens with zero attached hydrogens (tertiary/aromatic N) is 2. The van der Waals surface area contributed by atoms with Gasteiger partial charge in [0, 0.05) is 18.7 Å². The number of amides is 3. The number of anilines is 1. The van der Waals surface area contributed by atoms with Crippen LogP contribution in [-0.4, -0.2) is 77.2 Å². The molecule has 2 N–H and O–H groups in total. The van der Waals surface area contributed by atoms with Gasteiger partial charge in [0.15, 0.2) is 0 Å². The van der Waals surface area contributed by atoms with Crippen molar-refractivity contribution in [3.63, 3.8) is 0 Å². The van der Waals surface area contributed by atoms with Crippen molar-refractivity contribution in [2.24, 2.45) is 17.8 Å². The van der Waals surface area contributed by atoms with Gasteiger partial charge in [0.25, 0.3) is 5.91 Å². The van der Waals surface area contributed by atoms with Crippen molar-refractivity contribution in [3.8, 4) is 0 Å². The molecule has 2 aromatic carbocycles. The van der Waals surface area contributed by atoms with E-state index >= 15 is 4.79 Å². The molecule has 2 saturated heterocycles. The molecule has 10 heteroatoms. The molecule has 4 aliphatic rings. The number of aliphatic hydroxyl groups excluding tert-OH is 1. The lowest BCUT2D eigenvalue weighted by molar-refractivity contribution is -0.160. The minimum Gasteiger partial charge on any atom is -0.455 e. The standard InChI is InChI=1S/C38H45N3O7/c1-23(2)19-27(22-42)41-34-36(45)40(28-20-24(3)14-15-25(28)4)18-10-6-9-13-31(43)39-21-30(26-11-7-5-8-12-26)47-37(46)32-29-16-17-38(34,48-29)33(32)35(41)44/h5-8,10-12,14-17,20,23,27,29-30,32-34,42H,9,13,18-19,21-22H2,1-4H3,(H,39,43)/b10-6-/t27-,29-,30-,32+,33+,34-,38+/m1/s1. The average molecular weight is 656 g/mol. The van der Waals surface area contributed by atoms with E-state index in [1.54, 1.807) is 17.1 Å². The number of aliphatic hydroxyl groups is 1. The molecule has 10 nitrogen and oxygen atoms in total. The number of carbonyl (C=O) groups is 4. The minimum atomic E-state index is -1.43. The Balaban J connectivity index is 1.48. The second kappa shape index (κ2) is 13.7. The fourth-order valence-electron chi connectivity index (χ4n) is 7.76. The number of allylic oxidation sites excluding steroid dienone is 1. The van der Waals surface area contributed by atoms with Crippen LogP contribution in [0.25, 0.3) is 0 Å². The number of hydrogen-bond donors (Lipinski definition) is 2. The Morgan fingerprint density at radius 3 is 2.52 bits per heavy atom. The topological polar surface area (TPSA) is 125 Å². The summed E-state index contributed by atoms with van der Waals surface area (Å²) in [5.74, 6) is -3.55. The third-order valence-corrected chi connectivity index (χ3v) is 9.99. The summed E-state index contributed by atoms with van der Waals surface area (Å²) < 4.78 is 12.7. The molecule has 5 bridgehead atoms. The highest BCUT2D eigenvalue weighted by atomic mass is 16.6. The van der Waals surface area contributed by atoms with Gasteiger partial charge in [0.1, 0.15) is 23.7 Å². The minimum absolute atomic E-state index is 0.0603. The summed E-state index contributed by atoms with van der Waals surface area (Å²) in [5.41, 5.74) is 1.79. The maximum absolute atomic E-state index is 15.1. The number of fused-ring (bicyclic) bond motifs is 2. The first kappa shape index (κ1) is 33.6. The predicted octanol–water partition coefficient (Wildman–Crippen LogP) is 3.94. The third-order valence-electron chi connectivity index (χ3n) is 9.99. The summed E-state index contributed by atoms with van der Waals surface area (Å²) in [6.07, 6.45) is 6.80. The lowest BCUT2D eigenvalue weighted by atomic mass is 9.74. The summed E-state index contributed by atoms with van der Waals surface area (Å²) in [7, 11) is 0. The Bertz CT molecular complexity index is 1620. The van der Waals surface area contributed by atoms with Crippen LogP contribution in [0.1, 0.15) is 55.9 Å². The van der Waals surface area contributed by atoms with Crippen molar-refractivity contribution in [1.82, 2.24) is 10.2 Å². The zero-order valence-electron chi connectivity index (χ0n) is 28.0. The Labute approximate surface area is 281 Å². The van der Waals surface area contributed by atoms with Gasteiger partial charge in [-0.15, -0.1) is 0 Å². The van der Waals surface area contributed by atoms with Gasteiger partial charge in [-0.1, -0.05) is 80.6 Å². The third kappa shape index (κ3) is 6.07. The van der Waals surface area contributed by atoms with Crippen molar-refractivity contribution in [1.29, 1.82) is 0 Å². The highest BCUT2D eigenvalue weighted by molar-refractivity contribution is 6.05. The first-order valence-electron chi connectivity index (χ1n) is 16.9. The number of benzene rings is 2. The molecule has 4 heterocycles. The number of aryl methyl sites for hydroxylation is 2. The Morgan fingerprint density at radius 2 is 1.79 bits per heavy atom. The first-order valence-corrected chi connectivity index (χ1v) is 16.9. The number of hydrogen-bond acceptors (Lipinski definition) is 7. The van der Waals surface area contributed by atoms with E-state index in [4.69, 9.17) is 9.47 Å². The molecule has 2 aromatic rings. The van der Waals surface area contributed by atoms with Gasteiger partial charge in [0.05, 0.1) is 31.2 Å². The van der Waals surface area contributed by atoms with Crippen LogP contribution in [0.2, 0.25) is 0 Å². The van der Waals surface area contributed by atoms with Crippen LogP contribution >= 0.6 is 0 Å². The Hall–Kier alpha value is -4.28. The van der Waals surface area contributed by atoms with E-state index in [2.05, 4.69) is 5.32 Å². The van der Waals surface area contributed by atoms with Crippen LogP contribution in [0, 0.1) is 31.6 Å². The van der Waals surface area contributed by atoms with Gasteiger partial charge in [-0.2, -0.15) is 0 Å². The molecule has 4 aliphatic heterocycles. The van der Waals surface area contributed by atoms with E-state index < -0.39 is 53.6 Å². The second-order valence-electron chi connectivity index (χ2n) is 13.8. The molecule has 2 fully saturated rings. The molecule has 0 saturated carbocycles. The van der Waals surface area contributed by atoms with Crippen molar-refractivity contribution in [2.75, 3.05) is 24.6 Å². The van der Waals surface area contributed by atoms with E-state index in [1.807, 2.05) is 88.4 Å². The van der Waals surface area contributed by atoms with Crippen LogP contribution in [0.5, 0.6) is 0 Å². The predicted molar refractivity (Wildman–Crippen MR) is 180 cm³/mol. The summed E-state index contributed by atoms with van der Waals surface area (Å²) in [6.45, 7) is 7.78. The average Bonchev–Trinajstić information content (AvgIpc) is 3.71.